The van der Waals surface area contributed by atoms with Crippen LogP contribution in [-0.4, -0.2) is 32.1 Å². The van der Waals surface area contributed by atoms with Gasteiger partial charge in [0.25, 0.3) is 0 Å². The van der Waals surface area contributed by atoms with Crippen LogP contribution in [0.15, 0.2) is 99.6 Å². The lowest BCUT2D eigenvalue weighted by Crippen LogP contribution is -2.41. The average molecular weight is 725 g/mol. The quantitative estimate of drug-likeness (QED) is 0.0522. The molecule has 0 amide bonds. The molecule has 0 radical (unpaired) electrons. The first kappa shape index (κ1) is 40.0. The fraction of sp³-hybridized carbons (Fsp3) is 0.500. The number of rotatable bonds is 24. The molecule has 0 heterocycles. The second-order valence-electron chi connectivity index (χ2n) is 12.2. The second-order valence-corrected chi connectivity index (χ2v) is 17.0. The third-order valence-corrected chi connectivity index (χ3v) is 13.7. The van der Waals surface area contributed by atoms with E-state index in [1.807, 2.05) is 6.92 Å². The van der Waals surface area contributed by atoms with Crippen LogP contribution >= 0.6 is 21.9 Å². The fourth-order valence-electron chi connectivity index (χ4n) is 5.50. The number of unbranched alkanes of at least 4 members (excludes halogenated alkanes) is 14. The number of esters is 1. The first-order valence-corrected chi connectivity index (χ1v) is 20.7. The molecule has 10 heteroatoms. The van der Waals surface area contributed by atoms with Crippen LogP contribution in [0.25, 0.3) is 0 Å². The Labute approximate surface area is 293 Å². The number of alkyl halides is 3. The molecular weight excluding hydrogens is 674 g/mol. The molecule has 3 rings (SSSR count). The highest BCUT2D eigenvalue weighted by Gasteiger charge is 2.58. The SMILES string of the molecule is Cc1ccc(S(OS(=O)(=O)C(F)(F)C(=O)OCCCCCCCCCCCCCCCCCCl)(c2ccccc2)c2ccccc2)cc1. The van der Waals surface area contributed by atoms with E-state index in [4.69, 9.17) is 20.0 Å². The van der Waals surface area contributed by atoms with Gasteiger partial charge in [-0.05, 0) is 66.5 Å². The van der Waals surface area contributed by atoms with Gasteiger partial charge in [-0.25, -0.2) is 8.42 Å². The number of hydrogen-bond donors (Lipinski definition) is 0. The second kappa shape index (κ2) is 20.9. The van der Waals surface area contributed by atoms with Gasteiger partial charge in [0.05, 0.1) is 6.61 Å². The maximum Gasteiger partial charge on any atom is 0.466 e. The van der Waals surface area contributed by atoms with Crippen molar-refractivity contribution < 1.29 is 30.4 Å². The van der Waals surface area contributed by atoms with E-state index in [0.29, 0.717) is 27.5 Å². The summed E-state index contributed by atoms with van der Waals surface area (Å²) in [6.07, 6.45) is 16.5. The number of hydrogen-bond acceptors (Lipinski definition) is 5. The zero-order chi connectivity index (χ0) is 34.7. The van der Waals surface area contributed by atoms with Gasteiger partial charge in [-0.2, -0.15) is 17.2 Å². The number of aryl methyl sites for hydroxylation is 1. The highest BCUT2D eigenvalue weighted by atomic mass is 35.5. The summed E-state index contributed by atoms with van der Waals surface area (Å²) >= 11 is 5.71. The maximum atomic E-state index is 15.5. The third-order valence-electron chi connectivity index (χ3n) is 8.26. The first-order valence-electron chi connectivity index (χ1n) is 17.2. The molecule has 48 heavy (non-hydrogen) atoms. The maximum absolute atomic E-state index is 15.5. The van der Waals surface area contributed by atoms with Gasteiger partial charge < -0.3 is 4.74 Å². The van der Waals surface area contributed by atoms with Crippen molar-refractivity contribution in [2.45, 2.75) is 123 Å². The van der Waals surface area contributed by atoms with E-state index in [-0.39, 0.29) is 6.61 Å². The fourth-order valence-corrected chi connectivity index (χ4v) is 10.7. The topological polar surface area (TPSA) is 69.7 Å². The highest BCUT2D eigenvalue weighted by Crippen LogP contribution is 2.70. The molecule has 0 aliphatic carbocycles. The van der Waals surface area contributed by atoms with E-state index < -0.39 is 31.7 Å². The van der Waals surface area contributed by atoms with Crippen LogP contribution in [0.4, 0.5) is 8.78 Å². The Hall–Kier alpha value is -2.46. The molecule has 0 atom stereocenters. The van der Waals surface area contributed by atoms with Crippen LogP contribution in [0.1, 0.15) is 102 Å². The minimum Gasteiger partial charge on any atom is -0.460 e. The Kier molecular flexibility index (Phi) is 17.4. The minimum absolute atomic E-state index is 0.289. The van der Waals surface area contributed by atoms with Gasteiger partial charge >= 0.3 is 21.3 Å². The van der Waals surface area contributed by atoms with Crippen molar-refractivity contribution in [1.29, 1.82) is 0 Å². The molecule has 0 N–H and O–H groups in total. The van der Waals surface area contributed by atoms with Gasteiger partial charge in [-0.1, -0.05) is 138 Å². The van der Waals surface area contributed by atoms with Crippen LogP contribution < -0.4 is 0 Å². The molecule has 0 fully saturated rings. The molecule has 0 saturated heterocycles. The number of ether oxygens (including phenoxy) is 1. The monoisotopic (exact) mass is 724 g/mol. The molecular formula is C38H51ClF2O5S2. The lowest BCUT2D eigenvalue weighted by atomic mass is 10.0. The Balaban J connectivity index is 1.51. The summed E-state index contributed by atoms with van der Waals surface area (Å²) in [6, 6.07) is 23.7. The van der Waals surface area contributed by atoms with Gasteiger partial charge in [0.15, 0.2) is 0 Å². The summed E-state index contributed by atoms with van der Waals surface area (Å²) < 4.78 is 68.2. The molecule has 0 unspecified atom stereocenters. The number of benzene rings is 3. The molecule has 0 aliphatic rings. The lowest BCUT2D eigenvalue weighted by molar-refractivity contribution is -0.161. The molecule has 0 aromatic heterocycles. The van der Waals surface area contributed by atoms with Crippen LogP contribution in [0, 0.1) is 6.92 Å². The standard InChI is InChI=1S/C38H51ClF2O5S2/c1-33-27-29-36(30-28-33)47(34-23-17-15-18-24-34,35-25-19-16-20-26-35)46-48(43,44)38(40,41)37(42)45-32-22-14-12-10-8-6-4-2-3-5-7-9-11-13-21-31-39/h15-20,23-30H,2-14,21-22,31-32H2,1H3. The van der Waals surface area contributed by atoms with Crippen LogP contribution in [-0.2, 0) is 23.3 Å². The molecule has 0 aliphatic heterocycles. The van der Waals surface area contributed by atoms with E-state index in [1.165, 1.54) is 57.8 Å². The van der Waals surface area contributed by atoms with Crippen molar-refractivity contribution in [2.75, 3.05) is 12.5 Å². The predicted octanol–water partition coefficient (Wildman–Crippen LogP) is 11.8. The Morgan fingerprint density at radius 3 is 1.40 bits per heavy atom. The van der Waals surface area contributed by atoms with Gasteiger partial charge in [0.2, 0.25) is 0 Å². The van der Waals surface area contributed by atoms with E-state index in [0.717, 1.165) is 37.1 Å². The van der Waals surface area contributed by atoms with E-state index in [9.17, 15) is 13.2 Å². The summed E-state index contributed by atoms with van der Waals surface area (Å²) in [6.45, 7) is 1.58. The van der Waals surface area contributed by atoms with Crippen molar-refractivity contribution in [2.24, 2.45) is 0 Å². The van der Waals surface area contributed by atoms with Crippen LogP contribution in [0.3, 0.4) is 0 Å². The van der Waals surface area contributed by atoms with Crippen molar-refractivity contribution in [3.63, 3.8) is 0 Å². The summed E-state index contributed by atoms with van der Waals surface area (Å²) in [5.41, 5.74) is 0.899. The third kappa shape index (κ3) is 11.9. The molecule has 266 valence electrons. The Bertz CT molecular complexity index is 1400. The number of carbonyl (C=O) groups excluding carboxylic acids is 1. The predicted molar refractivity (Wildman–Crippen MR) is 192 cm³/mol. The summed E-state index contributed by atoms with van der Waals surface area (Å²) in [5.74, 6) is -1.37. The Morgan fingerprint density at radius 1 is 0.604 bits per heavy atom. The van der Waals surface area contributed by atoms with E-state index in [1.54, 1.807) is 84.9 Å². The molecule has 3 aromatic carbocycles. The smallest absolute Gasteiger partial charge is 0.460 e. The van der Waals surface area contributed by atoms with Crippen LogP contribution in [0.2, 0.25) is 0 Å². The van der Waals surface area contributed by atoms with E-state index in [2.05, 4.69) is 0 Å². The first-order chi connectivity index (χ1) is 23.1. The molecule has 0 spiro atoms. The Morgan fingerprint density at radius 2 is 0.979 bits per heavy atom. The summed E-state index contributed by atoms with van der Waals surface area (Å²) in [4.78, 5) is 13.7. The zero-order valence-corrected chi connectivity index (χ0v) is 30.5. The summed E-state index contributed by atoms with van der Waals surface area (Å²) in [5, 5.41) is -4.91. The van der Waals surface area contributed by atoms with Crippen molar-refractivity contribution >= 4 is 38.0 Å². The van der Waals surface area contributed by atoms with E-state index >= 15 is 8.78 Å². The minimum atomic E-state index is -5.82. The van der Waals surface area contributed by atoms with Crippen LogP contribution in [0.5, 0.6) is 0 Å². The lowest BCUT2D eigenvalue weighted by Gasteiger charge is -2.39. The zero-order valence-electron chi connectivity index (χ0n) is 28.1. The molecule has 3 aromatic rings. The van der Waals surface area contributed by atoms with Crippen molar-refractivity contribution in [1.82, 2.24) is 0 Å². The highest BCUT2D eigenvalue weighted by molar-refractivity contribution is 8.33. The van der Waals surface area contributed by atoms with Gasteiger partial charge in [0.1, 0.15) is 0 Å². The molecule has 0 saturated carbocycles. The normalized spacial score (nSPS) is 12.6. The summed E-state index contributed by atoms with van der Waals surface area (Å²) in [7, 11) is -9.08. The number of carbonyl (C=O) groups is 1. The number of halogens is 3. The average Bonchev–Trinajstić information content (AvgIpc) is 3.09. The molecule has 0 bridgehead atoms. The largest absolute Gasteiger partial charge is 0.466 e. The molecule has 5 nitrogen and oxygen atoms in total. The van der Waals surface area contributed by atoms with Gasteiger partial charge in [-0.3, -0.25) is 0 Å². The van der Waals surface area contributed by atoms with Crippen molar-refractivity contribution in [3.8, 4) is 0 Å². The van der Waals surface area contributed by atoms with Gasteiger partial charge in [-0.15, -0.1) is 11.6 Å². The van der Waals surface area contributed by atoms with Crippen molar-refractivity contribution in [3.05, 3.63) is 90.5 Å². The van der Waals surface area contributed by atoms with Gasteiger partial charge in [0, 0.05) is 20.6 Å².